The maximum absolute atomic E-state index is 13.6. The summed E-state index contributed by atoms with van der Waals surface area (Å²) >= 11 is 0. The van der Waals surface area contributed by atoms with Gasteiger partial charge in [-0.2, -0.15) is 8.78 Å². The number of rotatable bonds is 3. The van der Waals surface area contributed by atoms with Gasteiger partial charge in [-0.15, -0.1) is 6.42 Å². The van der Waals surface area contributed by atoms with Crippen LogP contribution in [0.4, 0.5) is 18.9 Å². The van der Waals surface area contributed by atoms with Crippen LogP contribution in [0.25, 0.3) is 0 Å². The highest BCUT2D eigenvalue weighted by Gasteiger charge is 2.50. The summed E-state index contributed by atoms with van der Waals surface area (Å²) in [6.07, 6.45) is 1.12. The molecule has 1 aromatic carbocycles. The fraction of sp³-hybridized carbons (Fsp3) is 0.231. The highest BCUT2D eigenvalue weighted by atomic mass is 19.3. The van der Waals surface area contributed by atoms with E-state index in [0.29, 0.717) is 17.3 Å². The zero-order valence-electron chi connectivity index (χ0n) is 10.0. The first-order chi connectivity index (χ1) is 9.40. The van der Waals surface area contributed by atoms with E-state index in [2.05, 4.69) is 10.7 Å². The van der Waals surface area contributed by atoms with Gasteiger partial charge in [-0.3, -0.25) is 9.69 Å². The number of carbonyl (C=O) groups excluding carboxylic acids is 2. The second kappa shape index (κ2) is 4.89. The van der Waals surface area contributed by atoms with Gasteiger partial charge in [0.15, 0.2) is 5.75 Å². The molecule has 104 valence electrons. The number of carbonyl (C=O) groups is 2. The molecule has 0 saturated carbocycles. The molecule has 0 aromatic heterocycles. The lowest BCUT2D eigenvalue weighted by Gasteiger charge is -2.32. The van der Waals surface area contributed by atoms with Crippen molar-refractivity contribution in [3.05, 3.63) is 23.5 Å². The van der Waals surface area contributed by atoms with Gasteiger partial charge in [0.25, 0.3) is 0 Å². The third-order valence-electron chi connectivity index (χ3n) is 2.70. The van der Waals surface area contributed by atoms with Crippen molar-refractivity contribution < 1.29 is 27.5 Å². The Kier molecular flexibility index (Phi) is 3.40. The van der Waals surface area contributed by atoms with Crippen molar-refractivity contribution in [1.82, 2.24) is 0 Å². The van der Waals surface area contributed by atoms with Gasteiger partial charge < -0.3 is 9.53 Å². The molecular weight excluding hydrogens is 275 g/mol. The van der Waals surface area contributed by atoms with Crippen molar-refractivity contribution in [2.75, 3.05) is 11.4 Å². The van der Waals surface area contributed by atoms with E-state index < -0.39 is 30.1 Å². The Morgan fingerprint density at radius 1 is 1.45 bits per heavy atom. The number of hydrogen-bond acceptors (Lipinski definition) is 3. The minimum absolute atomic E-state index is 0.0395. The van der Waals surface area contributed by atoms with Gasteiger partial charge >= 0.3 is 12.0 Å². The van der Waals surface area contributed by atoms with Gasteiger partial charge in [-0.25, -0.2) is 4.39 Å². The highest BCUT2D eigenvalue weighted by molar-refractivity contribution is 6.01. The molecule has 0 radical (unpaired) electrons. The zero-order chi connectivity index (χ0) is 14.9. The summed E-state index contributed by atoms with van der Waals surface area (Å²) in [7, 11) is 0. The molecule has 4 nitrogen and oxygen atoms in total. The number of ether oxygens (including phenoxy) is 1. The van der Waals surface area contributed by atoms with Gasteiger partial charge in [0.05, 0.1) is 12.2 Å². The van der Waals surface area contributed by atoms with Crippen LogP contribution in [-0.2, 0) is 16.0 Å². The van der Waals surface area contributed by atoms with Gasteiger partial charge in [-0.05, 0) is 11.6 Å². The predicted octanol–water partition coefficient (Wildman–Crippen LogP) is 1.52. The van der Waals surface area contributed by atoms with Crippen LogP contribution in [0, 0.1) is 18.2 Å². The van der Waals surface area contributed by atoms with Crippen molar-refractivity contribution in [1.29, 1.82) is 0 Å². The van der Waals surface area contributed by atoms with E-state index in [4.69, 9.17) is 6.42 Å². The summed E-state index contributed by atoms with van der Waals surface area (Å²) in [6, 6.07) is 1.81. The van der Waals surface area contributed by atoms with Crippen molar-refractivity contribution in [3.8, 4) is 18.1 Å². The van der Waals surface area contributed by atoms with E-state index >= 15 is 0 Å². The molecule has 7 heteroatoms. The molecule has 1 heterocycles. The highest BCUT2D eigenvalue weighted by Crippen LogP contribution is 2.40. The average molecular weight is 283 g/mol. The Balaban J connectivity index is 2.58. The van der Waals surface area contributed by atoms with Crippen LogP contribution in [0.3, 0.4) is 0 Å². The van der Waals surface area contributed by atoms with E-state index in [1.807, 2.05) is 0 Å². The molecule has 0 unspecified atom stereocenters. The first-order valence-electron chi connectivity index (χ1n) is 5.49. The summed E-state index contributed by atoms with van der Waals surface area (Å²) in [5.41, 5.74) is -0.125. The SMILES string of the molecule is C#CCN1C(=O)C(F)(F)Oc2cc(F)c(CC=O)cc21. The molecule has 0 saturated heterocycles. The lowest BCUT2D eigenvalue weighted by atomic mass is 10.1. The largest absolute Gasteiger partial charge is 0.483 e. The number of halogens is 3. The van der Waals surface area contributed by atoms with E-state index in [1.165, 1.54) is 0 Å². The maximum atomic E-state index is 13.6. The van der Waals surface area contributed by atoms with Crippen LogP contribution in [0.2, 0.25) is 0 Å². The molecule has 20 heavy (non-hydrogen) atoms. The summed E-state index contributed by atoms with van der Waals surface area (Å²) < 4.78 is 44.5. The lowest BCUT2D eigenvalue weighted by Crippen LogP contribution is -2.51. The Hall–Kier alpha value is -2.49. The first kappa shape index (κ1) is 13.9. The van der Waals surface area contributed by atoms with Gasteiger partial charge in [0, 0.05) is 12.5 Å². The number of fused-ring (bicyclic) bond motifs is 1. The Morgan fingerprint density at radius 2 is 2.15 bits per heavy atom. The Labute approximate surface area is 112 Å². The third-order valence-corrected chi connectivity index (χ3v) is 2.70. The minimum atomic E-state index is -4.11. The molecule has 0 aliphatic carbocycles. The monoisotopic (exact) mass is 283 g/mol. The van der Waals surface area contributed by atoms with E-state index in [9.17, 15) is 22.8 Å². The van der Waals surface area contributed by atoms with Crippen LogP contribution in [-0.4, -0.2) is 24.8 Å². The van der Waals surface area contributed by atoms with Gasteiger partial charge in [-0.1, -0.05) is 5.92 Å². The Morgan fingerprint density at radius 3 is 2.75 bits per heavy atom. The van der Waals surface area contributed by atoms with Crippen LogP contribution < -0.4 is 9.64 Å². The topological polar surface area (TPSA) is 46.6 Å². The maximum Gasteiger partial charge on any atom is 0.483 e. The smallest absolute Gasteiger partial charge is 0.423 e. The van der Waals surface area contributed by atoms with Crippen LogP contribution in [0.1, 0.15) is 5.56 Å². The van der Waals surface area contributed by atoms with Crippen molar-refractivity contribution >= 4 is 17.9 Å². The molecule has 2 rings (SSSR count). The molecule has 0 bridgehead atoms. The van der Waals surface area contributed by atoms with E-state index in [0.717, 1.165) is 6.07 Å². The molecule has 0 atom stereocenters. The summed E-state index contributed by atoms with van der Waals surface area (Å²) in [5.74, 6) is -0.944. The van der Waals surface area contributed by atoms with Gasteiger partial charge in [0.1, 0.15) is 12.1 Å². The minimum Gasteiger partial charge on any atom is -0.423 e. The van der Waals surface area contributed by atoms with Crippen LogP contribution in [0.15, 0.2) is 12.1 Å². The fourth-order valence-electron chi connectivity index (χ4n) is 1.82. The molecule has 1 aromatic rings. The van der Waals surface area contributed by atoms with E-state index in [1.54, 1.807) is 0 Å². The zero-order valence-corrected chi connectivity index (χ0v) is 10.0. The molecular formula is C13H8F3NO3. The molecule has 0 spiro atoms. The number of anilines is 1. The van der Waals surface area contributed by atoms with Crippen molar-refractivity contribution in [2.24, 2.45) is 0 Å². The summed E-state index contributed by atoms with van der Waals surface area (Å²) in [4.78, 5) is 22.6. The number of amides is 1. The number of alkyl halides is 2. The van der Waals surface area contributed by atoms with Gasteiger partial charge in [0.2, 0.25) is 0 Å². The standard InChI is InChI=1S/C13H8F3NO3/c1-2-4-17-10-6-8(3-5-18)9(14)7-11(10)20-13(15,16)12(17)19/h1,5-7H,3-4H2. The average Bonchev–Trinajstić information content (AvgIpc) is 2.37. The quantitative estimate of drug-likeness (QED) is 0.624. The summed E-state index contributed by atoms with van der Waals surface area (Å²) in [6.45, 7) is -0.420. The van der Waals surface area contributed by atoms with Crippen LogP contribution >= 0.6 is 0 Å². The normalized spacial score (nSPS) is 16.1. The summed E-state index contributed by atoms with van der Waals surface area (Å²) in [5, 5.41) is 0. The fourth-order valence-corrected chi connectivity index (χ4v) is 1.82. The number of nitrogens with zero attached hydrogens (tertiary/aromatic N) is 1. The molecule has 1 aliphatic rings. The van der Waals surface area contributed by atoms with Crippen molar-refractivity contribution in [3.63, 3.8) is 0 Å². The van der Waals surface area contributed by atoms with Crippen LogP contribution in [0.5, 0.6) is 5.75 Å². The van der Waals surface area contributed by atoms with E-state index in [-0.39, 0.29) is 17.7 Å². The second-order valence-electron chi connectivity index (χ2n) is 4.00. The second-order valence-corrected chi connectivity index (χ2v) is 4.00. The van der Waals surface area contributed by atoms with Crippen molar-refractivity contribution in [2.45, 2.75) is 12.5 Å². The molecule has 1 aliphatic heterocycles. The predicted molar refractivity (Wildman–Crippen MR) is 62.9 cm³/mol. The number of aldehydes is 1. The number of terminal acetylenes is 1. The molecule has 0 fully saturated rings. The first-order valence-corrected chi connectivity index (χ1v) is 5.49. The number of hydrogen-bond donors (Lipinski definition) is 0. The number of benzene rings is 1. The molecule has 1 amide bonds. The Bertz CT molecular complexity index is 622. The molecule has 0 N–H and O–H groups in total. The third kappa shape index (κ3) is 2.20. The lowest BCUT2D eigenvalue weighted by molar-refractivity contribution is -0.192.